The molecule has 0 aliphatic carbocycles. The summed E-state index contributed by atoms with van der Waals surface area (Å²) < 4.78 is 5.44. The summed E-state index contributed by atoms with van der Waals surface area (Å²) in [6.45, 7) is 0.684. The lowest BCUT2D eigenvalue weighted by atomic mass is 10.2. The molecule has 4 heteroatoms. The SMILES string of the molecule is NCCc1snc2ccc(Br)cc12. The van der Waals surface area contributed by atoms with Gasteiger partial charge in [-0.3, -0.25) is 0 Å². The lowest BCUT2D eigenvalue weighted by molar-refractivity contribution is 0.995. The fourth-order valence-corrected chi connectivity index (χ4v) is 2.48. The van der Waals surface area contributed by atoms with Crippen LogP contribution in [0.1, 0.15) is 4.88 Å². The van der Waals surface area contributed by atoms with Crippen molar-refractivity contribution in [2.45, 2.75) is 6.42 Å². The third kappa shape index (κ3) is 1.75. The molecule has 2 aromatic rings. The lowest BCUT2D eigenvalue weighted by Crippen LogP contribution is -2.01. The van der Waals surface area contributed by atoms with Gasteiger partial charge in [0.25, 0.3) is 0 Å². The van der Waals surface area contributed by atoms with Crippen LogP contribution >= 0.6 is 27.5 Å². The molecule has 0 saturated carbocycles. The molecular formula is C9H9BrN2S. The molecule has 13 heavy (non-hydrogen) atoms. The minimum atomic E-state index is 0.684. The Kier molecular flexibility index (Phi) is 2.62. The van der Waals surface area contributed by atoms with E-state index in [-0.39, 0.29) is 0 Å². The fourth-order valence-electron chi connectivity index (χ4n) is 1.28. The number of benzene rings is 1. The average Bonchev–Trinajstić information content (AvgIpc) is 2.49. The molecule has 2 N–H and O–H groups in total. The van der Waals surface area contributed by atoms with Crippen molar-refractivity contribution in [3.8, 4) is 0 Å². The third-order valence-corrected chi connectivity index (χ3v) is 3.31. The Balaban J connectivity index is 2.58. The van der Waals surface area contributed by atoms with Crippen molar-refractivity contribution in [3.05, 3.63) is 27.5 Å². The number of fused-ring (bicyclic) bond motifs is 1. The van der Waals surface area contributed by atoms with E-state index >= 15 is 0 Å². The smallest absolute Gasteiger partial charge is 0.0844 e. The van der Waals surface area contributed by atoms with Gasteiger partial charge in [-0.2, -0.15) is 4.37 Å². The van der Waals surface area contributed by atoms with Crippen LogP contribution in [0.5, 0.6) is 0 Å². The van der Waals surface area contributed by atoms with E-state index < -0.39 is 0 Å². The zero-order chi connectivity index (χ0) is 9.26. The maximum absolute atomic E-state index is 5.52. The van der Waals surface area contributed by atoms with Crippen LogP contribution in [0.2, 0.25) is 0 Å². The van der Waals surface area contributed by atoms with Crippen molar-refractivity contribution in [2.75, 3.05) is 6.54 Å². The number of rotatable bonds is 2. The molecule has 0 bridgehead atoms. The van der Waals surface area contributed by atoms with Crippen molar-refractivity contribution in [3.63, 3.8) is 0 Å². The van der Waals surface area contributed by atoms with Gasteiger partial charge in [0.1, 0.15) is 0 Å². The van der Waals surface area contributed by atoms with E-state index in [0.717, 1.165) is 16.4 Å². The van der Waals surface area contributed by atoms with Crippen molar-refractivity contribution < 1.29 is 0 Å². The van der Waals surface area contributed by atoms with Crippen molar-refractivity contribution >= 4 is 38.4 Å². The third-order valence-electron chi connectivity index (χ3n) is 1.88. The van der Waals surface area contributed by atoms with E-state index in [9.17, 15) is 0 Å². The van der Waals surface area contributed by atoms with E-state index in [4.69, 9.17) is 5.73 Å². The Morgan fingerprint density at radius 3 is 3.08 bits per heavy atom. The molecule has 0 atom stereocenters. The van der Waals surface area contributed by atoms with Crippen LogP contribution in [-0.2, 0) is 6.42 Å². The minimum Gasteiger partial charge on any atom is -0.330 e. The Bertz CT molecular complexity index is 424. The first-order chi connectivity index (χ1) is 6.31. The van der Waals surface area contributed by atoms with Crippen molar-refractivity contribution in [2.24, 2.45) is 5.73 Å². The van der Waals surface area contributed by atoms with E-state index in [0.29, 0.717) is 6.54 Å². The van der Waals surface area contributed by atoms with Crippen LogP contribution in [0.3, 0.4) is 0 Å². The molecule has 2 nitrogen and oxygen atoms in total. The molecule has 0 amide bonds. The van der Waals surface area contributed by atoms with E-state index in [1.54, 1.807) is 11.5 Å². The van der Waals surface area contributed by atoms with Crippen LogP contribution in [-0.4, -0.2) is 10.9 Å². The van der Waals surface area contributed by atoms with Gasteiger partial charge in [0.05, 0.1) is 5.52 Å². The second kappa shape index (κ2) is 3.74. The van der Waals surface area contributed by atoms with Gasteiger partial charge >= 0.3 is 0 Å². The summed E-state index contributed by atoms with van der Waals surface area (Å²) in [5, 5.41) is 1.23. The predicted octanol–water partition coefficient (Wildman–Crippen LogP) is 2.56. The zero-order valence-electron chi connectivity index (χ0n) is 6.96. The van der Waals surface area contributed by atoms with Gasteiger partial charge < -0.3 is 5.73 Å². The lowest BCUT2D eigenvalue weighted by Gasteiger charge is -1.94. The Morgan fingerprint density at radius 2 is 2.31 bits per heavy atom. The first kappa shape index (κ1) is 9.12. The van der Waals surface area contributed by atoms with Crippen LogP contribution in [0, 0.1) is 0 Å². The van der Waals surface area contributed by atoms with Gasteiger partial charge in [0.2, 0.25) is 0 Å². The number of aromatic nitrogens is 1. The summed E-state index contributed by atoms with van der Waals surface area (Å²) >= 11 is 4.99. The Hall–Kier alpha value is -0.450. The molecule has 1 aromatic heterocycles. The zero-order valence-corrected chi connectivity index (χ0v) is 9.36. The molecule has 0 aliphatic rings. The van der Waals surface area contributed by atoms with E-state index in [1.807, 2.05) is 12.1 Å². The maximum Gasteiger partial charge on any atom is 0.0844 e. The highest BCUT2D eigenvalue weighted by molar-refractivity contribution is 9.10. The second-order valence-electron chi connectivity index (χ2n) is 2.81. The van der Waals surface area contributed by atoms with Gasteiger partial charge in [-0.05, 0) is 42.7 Å². The van der Waals surface area contributed by atoms with Crippen molar-refractivity contribution in [1.29, 1.82) is 0 Å². The number of hydrogen-bond donors (Lipinski definition) is 1. The van der Waals surface area contributed by atoms with Gasteiger partial charge in [0.15, 0.2) is 0 Å². The van der Waals surface area contributed by atoms with Gasteiger partial charge in [-0.25, -0.2) is 0 Å². The molecule has 2 rings (SSSR count). The standard InChI is InChI=1S/C9H9BrN2S/c10-6-1-2-8-7(5-6)9(3-4-11)13-12-8/h1-2,5H,3-4,11H2. The molecular weight excluding hydrogens is 248 g/mol. The first-order valence-electron chi connectivity index (χ1n) is 4.05. The summed E-state index contributed by atoms with van der Waals surface area (Å²) in [6, 6.07) is 6.13. The highest BCUT2D eigenvalue weighted by Gasteiger charge is 2.04. The number of halogens is 1. The van der Waals surface area contributed by atoms with Crippen LogP contribution < -0.4 is 5.73 Å². The highest BCUT2D eigenvalue weighted by Crippen LogP contribution is 2.25. The summed E-state index contributed by atoms with van der Waals surface area (Å²) in [7, 11) is 0. The Morgan fingerprint density at radius 1 is 1.46 bits per heavy atom. The van der Waals surface area contributed by atoms with Crippen LogP contribution in [0.15, 0.2) is 22.7 Å². The Labute approximate surface area is 89.1 Å². The number of nitrogens with two attached hydrogens (primary N) is 1. The highest BCUT2D eigenvalue weighted by atomic mass is 79.9. The molecule has 0 saturated heterocycles. The van der Waals surface area contributed by atoms with Crippen molar-refractivity contribution in [1.82, 2.24) is 4.37 Å². The molecule has 0 fully saturated rings. The molecule has 1 heterocycles. The first-order valence-corrected chi connectivity index (χ1v) is 5.62. The van der Waals surface area contributed by atoms with Gasteiger partial charge in [0, 0.05) is 14.7 Å². The number of hydrogen-bond acceptors (Lipinski definition) is 3. The predicted molar refractivity (Wildman–Crippen MR) is 60.1 cm³/mol. The van der Waals surface area contributed by atoms with Gasteiger partial charge in [-0.1, -0.05) is 15.9 Å². The molecule has 0 unspecified atom stereocenters. The summed E-state index contributed by atoms with van der Waals surface area (Å²) in [4.78, 5) is 1.28. The van der Waals surface area contributed by atoms with E-state index in [1.165, 1.54) is 10.3 Å². The maximum atomic E-state index is 5.52. The van der Waals surface area contributed by atoms with Crippen LogP contribution in [0.25, 0.3) is 10.9 Å². The molecule has 0 aliphatic heterocycles. The largest absolute Gasteiger partial charge is 0.330 e. The minimum absolute atomic E-state index is 0.684. The van der Waals surface area contributed by atoms with Crippen LogP contribution in [0.4, 0.5) is 0 Å². The quantitative estimate of drug-likeness (QED) is 0.897. The molecule has 0 spiro atoms. The molecule has 1 aromatic carbocycles. The van der Waals surface area contributed by atoms with E-state index in [2.05, 4.69) is 26.4 Å². The topological polar surface area (TPSA) is 38.9 Å². The average molecular weight is 257 g/mol. The number of nitrogens with zero attached hydrogens (tertiary/aromatic N) is 1. The fraction of sp³-hybridized carbons (Fsp3) is 0.222. The molecule has 68 valence electrons. The van der Waals surface area contributed by atoms with Gasteiger partial charge in [-0.15, -0.1) is 0 Å². The summed E-state index contributed by atoms with van der Waals surface area (Å²) in [5.41, 5.74) is 6.58. The summed E-state index contributed by atoms with van der Waals surface area (Å²) in [5.74, 6) is 0. The molecule has 0 radical (unpaired) electrons. The monoisotopic (exact) mass is 256 g/mol. The second-order valence-corrected chi connectivity index (χ2v) is 4.58. The summed E-state index contributed by atoms with van der Waals surface area (Å²) in [6.07, 6.45) is 0.914. The normalized spacial score (nSPS) is 10.9.